The van der Waals surface area contributed by atoms with E-state index in [-0.39, 0.29) is 12.1 Å². The molecule has 1 saturated heterocycles. The zero-order valence-corrected chi connectivity index (χ0v) is 11.9. The van der Waals surface area contributed by atoms with Crippen LogP contribution in [0.1, 0.15) is 13.8 Å². The maximum Gasteiger partial charge on any atom is 0.164 e. The summed E-state index contributed by atoms with van der Waals surface area (Å²) < 4.78 is 0. The van der Waals surface area contributed by atoms with E-state index in [1.165, 1.54) is 0 Å². The van der Waals surface area contributed by atoms with Gasteiger partial charge in [0.05, 0.1) is 0 Å². The second kappa shape index (κ2) is 5.76. The van der Waals surface area contributed by atoms with Crippen molar-refractivity contribution in [3.8, 4) is 0 Å². The lowest BCUT2D eigenvalue weighted by Crippen LogP contribution is -2.35. The van der Waals surface area contributed by atoms with Gasteiger partial charge in [-0.25, -0.2) is 0 Å². The Labute approximate surface area is 116 Å². The molecule has 0 amide bonds. The van der Waals surface area contributed by atoms with Crippen LogP contribution in [0.25, 0.3) is 0 Å². The van der Waals surface area contributed by atoms with Gasteiger partial charge in [0, 0.05) is 22.5 Å². The van der Waals surface area contributed by atoms with Crippen LogP contribution in [0.15, 0.2) is 29.3 Å². The number of carbonyl (C=O) groups is 1. The molecular formula is C13H15ClN2OS. The molecule has 0 aliphatic carbocycles. The summed E-state index contributed by atoms with van der Waals surface area (Å²) in [4.78, 5) is 17.7. The molecule has 0 saturated carbocycles. The quantitative estimate of drug-likeness (QED) is 0.798. The van der Waals surface area contributed by atoms with Crippen LogP contribution in [0.3, 0.4) is 0 Å². The first-order valence-corrected chi connectivity index (χ1v) is 7.19. The van der Waals surface area contributed by atoms with Crippen molar-refractivity contribution in [3.05, 3.63) is 29.3 Å². The predicted molar refractivity (Wildman–Crippen MR) is 78.8 cm³/mol. The molecule has 1 aromatic carbocycles. The standard InChI is InChI=1S/C13H15ClN2OS/c1-9(2)15-13-16(12(7-17)8-18-13)11-5-3-4-10(14)6-11/h3-7,9,12H,8H2,1-2H3/b15-13-. The number of hydrogen-bond donors (Lipinski definition) is 0. The fourth-order valence-electron chi connectivity index (χ4n) is 1.79. The van der Waals surface area contributed by atoms with Crippen LogP contribution < -0.4 is 4.90 Å². The lowest BCUT2D eigenvalue weighted by molar-refractivity contribution is -0.108. The van der Waals surface area contributed by atoms with Crippen molar-refractivity contribution in [3.63, 3.8) is 0 Å². The second-order valence-electron chi connectivity index (χ2n) is 4.37. The van der Waals surface area contributed by atoms with Crippen LogP contribution in [-0.4, -0.2) is 29.3 Å². The number of anilines is 1. The maximum absolute atomic E-state index is 11.2. The lowest BCUT2D eigenvalue weighted by atomic mass is 10.2. The minimum Gasteiger partial charge on any atom is -0.310 e. The van der Waals surface area contributed by atoms with Gasteiger partial charge < -0.3 is 9.69 Å². The molecule has 0 N–H and O–H groups in total. The van der Waals surface area contributed by atoms with E-state index in [1.807, 2.05) is 43.0 Å². The fourth-order valence-corrected chi connectivity index (χ4v) is 3.19. The first-order chi connectivity index (χ1) is 8.61. The first-order valence-electron chi connectivity index (χ1n) is 5.82. The van der Waals surface area contributed by atoms with Crippen molar-refractivity contribution in [1.29, 1.82) is 0 Å². The Kier molecular flexibility index (Phi) is 4.30. The van der Waals surface area contributed by atoms with Gasteiger partial charge in [-0.2, -0.15) is 0 Å². The number of amidine groups is 1. The van der Waals surface area contributed by atoms with Gasteiger partial charge >= 0.3 is 0 Å². The van der Waals surface area contributed by atoms with Gasteiger partial charge in [-0.1, -0.05) is 29.4 Å². The smallest absolute Gasteiger partial charge is 0.164 e. The van der Waals surface area contributed by atoms with Gasteiger partial charge in [-0.15, -0.1) is 0 Å². The van der Waals surface area contributed by atoms with Crippen LogP contribution in [0.2, 0.25) is 5.02 Å². The molecular weight excluding hydrogens is 268 g/mol. The van der Waals surface area contributed by atoms with E-state index in [9.17, 15) is 4.79 Å². The van der Waals surface area contributed by atoms with Crippen LogP contribution in [0.5, 0.6) is 0 Å². The minimum absolute atomic E-state index is 0.161. The molecule has 1 aliphatic rings. The number of carbonyl (C=O) groups excluding carboxylic acids is 1. The highest BCUT2D eigenvalue weighted by Crippen LogP contribution is 2.31. The molecule has 0 radical (unpaired) electrons. The van der Waals surface area contributed by atoms with Crippen LogP contribution in [0, 0.1) is 0 Å². The summed E-state index contributed by atoms with van der Waals surface area (Å²) in [5, 5.41) is 1.56. The zero-order chi connectivity index (χ0) is 13.1. The highest BCUT2D eigenvalue weighted by Gasteiger charge is 2.31. The molecule has 3 nitrogen and oxygen atoms in total. The first kappa shape index (κ1) is 13.4. The molecule has 1 unspecified atom stereocenters. The van der Waals surface area contributed by atoms with Crippen LogP contribution in [0.4, 0.5) is 5.69 Å². The summed E-state index contributed by atoms with van der Waals surface area (Å²) in [5.41, 5.74) is 0.920. The SMILES string of the molecule is CC(C)/N=C1\SCC(C=O)N1c1cccc(Cl)c1. The fraction of sp³-hybridized carbons (Fsp3) is 0.385. The van der Waals surface area contributed by atoms with E-state index < -0.39 is 0 Å². The molecule has 5 heteroatoms. The van der Waals surface area contributed by atoms with Crippen molar-refractivity contribution >= 4 is 40.5 Å². The van der Waals surface area contributed by atoms with Crippen LogP contribution >= 0.6 is 23.4 Å². The average Bonchev–Trinajstić information content (AvgIpc) is 2.71. The summed E-state index contributed by atoms with van der Waals surface area (Å²) in [6.07, 6.45) is 0.969. The van der Waals surface area contributed by atoms with Crippen molar-refractivity contribution in [2.75, 3.05) is 10.7 Å². The molecule has 1 heterocycles. The Balaban J connectivity index is 2.38. The highest BCUT2D eigenvalue weighted by atomic mass is 35.5. The van der Waals surface area contributed by atoms with Crippen molar-refractivity contribution < 1.29 is 4.79 Å². The Morgan fingerprint density at radius 1 is 1.56 bits per heavy atom. The summed E-state index contributed by atoms with van der Waals surface area (Å²) in [5.74, 6) is 0.738. The van der Waals surface area contributed by atoms with Crippen LogP contribution in [-0.2, 0) is 4.79 Å². The van der Waals surface area contributed by atoms with E-state index in [2.05, 4.69) is 4.99 Å². The Morgan fingerprint density at radius 3 is 2.94 bits per heavy atom. The predicted octanol–water partition coefficient (Wildman–Crippen LogP) is 3.23. The molecule has 0 bridgehead atoms. The number of rotatable bonds is 3. The number of halogens is 1. The molecule has 18 heavy (non-hydrogen) atoms. The number of aldehydes is 1. The molecule has 1 aliphatic heterocycles. The Morgan fingerprint density at radius 2 is 2.33 bits per heavy atom. The third-order valence-corrected chi connectivity index (χ3v) is 3.84. The van der Waals surface area contributed by atoms with Gasteiger partial charge in [0.1, 0.15) is 12.3 Å². The normalized spacial score (nSPS) is 21.9. The van der Waals surface area contributed by atoms with Gasteiger partial charge in [-0.3, -0.25) is 4.99 Å². The summed E-state index contributed by atoms with van der Waals surface area (Å²) in [6.45, 7) is 4.05. The third kappa shape index (κ3) is 2.87. The van der Waals surface area contributed by atoms with E-state index in [0.29, 0.717) is 5.02 Å². The molecule has 0 spiro atoms. The largest absolute Gasteiger partial charge is 0.310 e. The minimum atomic E-state index is -0.161. The molecule has 1 fully saturated rings. The third-order valence-electron chi connectivity index (χ3n) is 2.53. The highest BCUT2D eigenvalue weighted by molar-refractivity contribution is 8.14. The van der Waals surface area contributed by atoms with E-state index in [4.69, 9.17) is 11.6 Å². The lowest BCUT2D eigenvalue weighted by Gasteiger charge is -2.23. The number of thioether (sulfide) groups is 1. The molecule has 2 rings (SSSR count). The summed E-state index contributed by atoms with van der Waals surface area (Å²) >= 11 is 7.62. The second-order valence-corrected chi connectivity index (χ2v) is 5.79. The van der Waals surface area contributed by atoms with Crippen molar-refractivity contribution in [2.45, 2.75) is 25.9 Å². The Bertz CT molecular complexity index is 476. The number of aliphatic imine (C=N–C) groups is 1. The summed E-state index contributed by atoms with van der Waals surface area (Å²) in [7, 11) is 0. The molecule has 1 aromatic rings. The van der Waals surface area contributed by atoms with E-state index in [0.717, 1.165) is 22.9 Å². The number of nitrogens with zero attached hydrogens (tertiary/aromatic N) is 2. The van der Waals surface area contributed by atoms with E-state index >= 15 is 0 Å². The van der Waals surface area contributed by atoms with Gasteiger partial charge in [0.2, 0.25) is 0 Å². The molecule has 96 valence electrons. The topological polar surface area (TPSA) is 32.7 Å². The zero-order valence-electron chi connectivity index (χ0n) is 10.3. The van der Waals surface area contributed by atoms with Crippen molar-refractivity contribution in [2.24, 2.45) is 4.99 Å². The van der Waals surface area contributed by atoms with E-state index in [1.54, 1.807) is 11.8 Å². The number of benzene rings is 1. The van der Waals surface area contributed by atoms with Gasteiger partial charge in [-0.05, 0) is 32.0 Å². The molecule has 0 aromatic heterocycles. The molecule has 1 atom stereocenters. The monoisotopic (exact) mass is 282 g/mol. The average molecular weight is 283 g/mol. The van der Waals surface area contributed by atoms with Gasteiger partial charge in [0.25, 0.3) is 0 Å². The summed E-state index contributed by atoms with van der Waals surface area (Å²) in [6, 6.07) is 7.56. The maximum atomic E-state index is 11.2. The van der Waals surface area contributed by atoms with Gasteiger partial charge in [0.15, 0.2) is 5.17 Å². The Hall–Kier alpha value is -1.00. The van der Waals surface area contributed by atoms with Crippen molar-refractivity contribution in [1.82, 2.24) is 0 Å². The number of hydrogen-bond acceptors (Lipinski definition) is 3.